The van der Waals surface area contributed by atoms with Crippen LogP contribution in [0.3, 0.4) is 0 Å². The van der Waals surface area contributed by atoms with Crippen molar-refractivity contribution in [3.8, 4) is 45.5 Å². The third-order valence-corrected chi connectivity index (χ3v) is 10.7. The Kier molecular flexibility index (Phi) is 11.1. The number of hydrogen-bond acceptors (Lipinski definition) is 10. The minimum Gasteiger partial charge on any atom is -0.453 e. The molecule has 0 saturated carbocycles. The van der Waals surface area contributed by atoms with E-state index in [1.54, 1.807) is 34.2 Å². The SMILES string of the molecule is COC(=O)N[C@H](C(=O)N1CCCC1c1ncc(-c2cc3c(cc2F)Oc2cc(-c4cnc([C@@H]5CCCN5C(=O)[C@@H](NC(=O)OC)C(C)C)[nH]4)ccc2O3)[nH]1)C(C)C. The number of alkyl carbamates (subject to hydrolysis) is 2. The first kappa shape index (κ1) is 39.1. The van der Waals surface area contributed by atoms with E-state index in [4.69, 9.17) is 18.9 Å². The molecule has 4 N–H and O–H groups in total. The summed E-state index contributed by atoms with van der Waals surface area (Å²) in [5.74, 6) is 1.10. The summed E-state index contributed by atoms with van der Waals surface area (Å²) in [5.41, 5.74) is 2.04. The van der Waals surface area contributed by atoms with Gasteiger partial charge >= 0.3 is 12.2 Å². The first-order chi connectivity index (χ1) is 27.4. The average Bonchev–Trinajstić information content (AvgIpc) is 4.03. The van der Waals surface area contributed by atoms with Crippen molar-refractivity contribution in [2.45, 2.75) is 77.5 Å². The summed E-state index contributed by atoms with van der Waals surface area (Å²) in [6.45, 7) is 8.45. The molecule has 2 aromatic carbocycles. The number of carbonyl (C=O) groups excluding carboxylic acids is 4. The molecule has 16 nitrogen and oxygen atoms in total. The zero-order valence-corrected chi connectivity index (χ0v) is 32.7. The summed E-state index contributed by atoms with van der Waals surface area (Å²) in [6.07, 6.45) is 4.76. The second-order valence-corrected chi connectivity index (χ2v) is 15.1. The fourth-order valence-electron chi connectivity index (χ4n) is 7.66. The lowest BCUT2D eigenvalue weighted by atomic mass is 10.0. The number of carbonyl (C=O) groups is 4. The predicted octanol–water partition coefficient (Wildman–Crippen LogP) is 6.59. The summed E-state index contributed by atoms with van der Waals surface area (Å²) in [4.78, 5) is 70.2. The van der Waals surface area contributed by atoms with E-state index in [-0.39, 0.29) is 47.0 Å². The molecule has 7 rings (SSSR count). The lowest BCUT2D eigenvalue weighted by Crippen LogP contribution is -2.51. The molecule has 2 saturated heterocycles. The number of nitrogens with one attached hydrogen (secondary N) is 4. The Morgan fingerprint density at radius 3 is 1.77 bits per heavy atom. The molecule has 57 heavy (non-hydrogen) atoms. The number of H-pyrrole nitrogens is 2. The minimum absolute atomic E-state index is 0.152. The van der Waals surface area contributed by atoms with Gasteiger partial charge in [-0.15, -0.1) is 0 Å². The van der Waals surface area contributed by atoms with Crippen molar-refractivity contribution >= 4 is 24.0 Å². The van der Waals surface area contributed by atoms with Gasteiger partial charge in [0.15, 0.2) is 23.0 Å². The molecular formula is C40H47FN8O8. The number of imidazole rings is 2. The van der Waals surface area contributed by atoms with Crippen molar-refractivity contribution in [3.63, 3.8) is 0 Å². The van der Waals surface area contributed by atoms with Crippen LogP contribution in [0.2, 0.25) is 0 Å². The van der Waals surface area contributed by atoms with Gasteiger partial charge in [0, 0.05) is 30.3 Å². The summed E-state index contributed by atoms with van der Waals surface area (Å²) < 4.78 is 37.6. The number of aromatic amines is 2. The molecule has 0 bridgehead atoms. The average molecular weight is 787 g/mol. The number of likely N-dealkylation sites (tertiary alicyclic amines) is 2. The van der Waals surface area contributed by atoms with Gasteiger partial charge in [-0.25, -0.2) is 23.9 Å². The quantitative estimate of drug-likeness (QED) is 0.120. The normalized spacial score (nSPS) is 18.3. The highest BCUT2D eigenvalue weighted by molar-refractivity contribution is 5.87. The lowest BCUT2D eigenvalue weighted by Gasteiger charge is -2.30. The maximum absolute atomic E-state index is 15.8. The molecule has 4 atom stereocenters. The van der Waals surface area contributed by atoms with Gasteiger partial charge in [0.25, 0.3) is 0 Å². The Hall–Kier alpha value is -6.13. The molecule has 4 aromatic rings. The van der Waals surface area contributed by atoms with Crippen molar-refractivity contribution in [2.75, 3.05) is 27.3 Å². The van der Waals surface area contributed by atoms with E-state index < -0.39 is 30.1 Å². The van der Waals surface area contributed by atoms with E-state index in [2.05, 4.69) is 30.6 Å². The molecule has 5 heterocycles. The highest BCUT2D eigenvalue weighted by Crippen LogP contribution is 2.48. The Labute approximate surface area is 328 Å². The molecule has 3 aliphatic heterocycles. The van der Waals surface area contributed by atoms with Crippen LogP contribution in [0, 0.1) is 17.7 Å². The van der Waals surface area contributed by atoms with Crippen molar-refractivity contribution in [2.24, 2.45) is 11.8 Å². The molecule has 302 valence electrons. The Bertz CT molecular complexity index is 2170. The molecule has 4 amide bonds. The fraction of sp³-hybridized carbons (Fsp3) is 0.450. The van der Waals surface area contributed by atoms with Crippen molar-refractivity contribution < 1.29 is 42.5 Å². The minimum atomic E-state index is -0.777. The first-order valence-electron chi connectivity index (χ1n) is 19.1. The first-order valence-corrected chi connectivity index (χ1v) is 19.1. The smallest absolute Gasteiger partial charge is 0.407 e. The van der Waals surface area contributed by atoms with Crippen molar-refractivity contribution in [3.05, 3.63) is 60.2 Å². The van der Waals surface area contributed by atoms with Crippen LogP contribution in [-0.2, 0) is 19.1 Å². The molecule has 2 aromatic heterocycles. The number of ether oxygens (including phenoxy) is 4. The van der Waals surface area contributed by atoms with Crippen molar-refractivity contribution in [1.82, 2.24) is 40.4 Å². The molecule has 2 fully saturated rings. The Morgan fingerprint density at radius 1 is 0.737 bits per heavy atom. The van der Waals surface area contributed by atoms with Crippen LogP contribution in [0.15, 0.2) is 42.7 Å². The second kappa shape index (κ2) is 16.2. The van der Waals surface area contributed by atoms with E-state index in [9.17, 15) is 19.2 Å². The summed E-state index contributed by atoms with van der Waals surface area (Å²) in [7, 11) is 2.51. The Morgan fingerprint density at radius 2 is 1.23 bits per heavy atom. The van der Waals surface area contributed by atoms with Gasteiger partial charge in [-0.1, -0.05) is 27.7 Å². The highest BCUT2D eigenvalue weighted by atomic mass is 19.1. The number of fused-ring (bicyclic) bond motifs is 2. The highest BCUT2D eigenvalue weighted by Gasteiger charge is 2.39. The Balaban J connectivity index is 1.06. The van der Waals surface area contributed by atoms with Gasteiger partial charge in [-0.2, -0.15) is 0 Å². The zero-order chi connectivity index (χ0) is 40.5. The second-order valence-electron chi connectivity index (χ2n) is 15.1. The monoisotopic (exact) mass is 786 g/mol. The molecule has 0 spiro atoms. The van der Waals surface area contributed by atoms with Crippen LogP contribution in [0.5, 0.6) is 23.0 Å². The van der Waals surface area contributed by atoms with Gasteiger partial charge in [-0.3, -0.25) is 9.59 Å². The van der Waals surface area contributed by atoms with E-state index in [1.807, 2.05) is 33.8 Å². The number of benzene rings is 2. The van der Waals surface area contributed by atoms with Crippen LogP contribution in [0.1, 0.15) is 77.1 Å². The van der Waals surface area contributed by atoms with Gasteiger partial charge in [0.2, 0.25) is 11.8 Å². The van der Waals surface area contributed by atoms with Gasteiger partial charge < -0.3 is 49.3 Å². The van der Waals surface area contributed by atoms with Gasteiger partial charge in [0.05, 0.1) is 50.1 Å². The van der Waals surface area contributed by atoms with Crippen LogP contribution in [-0.4, -0.2) is 93.1 Å². The van der Waals surface area contributed by atoms with Crippen LogP contribution >= 0.6 is 0 Å². The molecule has 0 radical (unpaired) electrons. The number of nitrogens with zero attached hydrogens (tertiary/aromatic N) is 4. The lowest BCUT2D eigenvalue weighted by molar-refractivity contribution is -0.136. The molecule has 3 aliphatic rings. The topological polar surface area (TPSA) is 193 Å². The molecule has 17 heteroatoms. The molecule has 1 unspecified atom stereocenters. The van der Waals surface area contributed by atoms with Crippen molar-refractivity contribution in [1.29, 1.82) is 0 Å². The fourth-order valence-corrected chi connectivity index (χ4v) is 7.66. The summed E-state index contributed by atoms with van der Waals surface area (Å²) in [5, 5.41) is 5.30. The van der Waals surface area contributed by atoms with E-state index in [1.165, 1.54) is 26.5 Å². The third kappa shape index (κ3) is 7.82. The van der Waals surface area contributed by atoms with Crippen LogP contribution in [0.4, 0.5) is 14.0 Å². The molecular weight excluding hydrogens is 739 g/mol. The van der Waals surface area contributed by atoms with Crippen LogP contribution in [0.25, 0.3) is 22.5 Å². The van der Waals surface area contributed by atoms with Gasteiger partial charge in [-0.05, 0) is 61.8 Å². The largest absolute Gasteiger partial charge is 0.453 e. The van der Waals surface area contributed by atoms with E-state index >= 15 is 4.39 Å². The van der Waals surface area contributed by atoms with E-state index in [0.717, 1.165) is 18.4 Å². The maximum atomic E-state index is 15.8. The molecule has 0 aliphatic carbocycles. The number of hydrogen-bond donors (Lipinski definition) is 4. The number of methoxy groups -OCH3 is 2. The van der Waals surface area contributed by atoms with Crippen LogP contribution < -0.4 is 20.1 Å². The zero-order valence-electron chi connectivity index (χ0n) is 32.7. The number of rotatable bonds is 10. The number of aromatic nitrogens is 4. The van der Waals surface area contributed by atoms with E-state index in [0.29, 0.717) is 66.2 Å². The predicted molar refractivity (Wildman–Crippen MR) is 204 cm³/mol. The summed E-state index contributed by atoms with van der Waals surface area (Å²) >= 11 is 0. The standard InChI is InChI=1S/C40H47FN8O8/c1-20(2)33(46-39(52)54-5)37(50)48-13-7-9-27(48)35-42-18-25(44-35)22-11-12-29-30(15-22)57-32-17-24(41)23(16-31(32)56-29)26-19-43-36(45-26)28-10-8-14-49(28)38(51)34(21(3)4)47-40(53)55-6/h11-12,15-21,27-28,33-34H,7-10,13-14H2,1-6H3,(H,42,44)(H,43,45)(H,46,52)(H,47,53)/t27-,28?,33-,34-/m0/s1. The maximum Gasteiger partial charge on any atom is 0.407 e. The number of amides is 4. The third-order valence-electron chi connectivity index (χ3n) is 10.7. The summed E-state index contributed by atoms with van der Waals surface area (Å²) in [6, 6.07) is 5.99. The van der Waals surface area contributed by atoms with Gasteiger partial charge in [0.1, 0.15) is 29.5 Å². The number of halogens is 1.